The van der Waals surface area contributed by atoms with Gasteiger partial charge in [-0.25, -0.2) is 9.97 Å². The van der Waals surface area contributed by atoms with Gasteiger partial charge in [-0.2, -0.15) is 0 Å². The maximum atomic E-state index is 5.96. The minimum Gasteiger partial charge on any atom is -0.380 e. The largest absolute Gasteiger partial charge is 0.380 e. The first-order valence-corrected chi connectivity index (χ1v) is 9.09. The molecule has 0 amide bonds. The number of hydrogen-bond acceptors (Lipinski definition) is 5. The molecule has 0 radical (unpaired) electrons. The van der Waals surface area contributed by atoms with Crippen molar-refractivity contribution in [2.24, 2.45) is 5.92 Å². The highest BCUT2D eigenvalue weighted by molar-refractivity contribution is 5.30. The fourth-order valence-electron chi connectivity index (χ4n) is 4.22. The molecule has 5 nitrogen and oxygen atoms in total. The summed E-state index contributed by atoms with van der Waals surface area (Å²) in [4.78, 5) is 13.7. The molecule has 1 unspecified atom stereocenters. The number of nitrogens with zero attached hydrogens (tertiary/aromatic N) is 4. The van der Waals surface area contributed by atoms with Gasteiger partial charge in [0.05, 0.1) is 6.61 Å². The van der Waals surface area contributed by atoms with Crippen LogP contribution in [0, 0.1) is 5.92 Å². The molecule has 0 bridgehead atoms. The molecular weight excluding hydrogens is 288 g/mol. The standard InChI is InChI=1S/C18H28N4O/c1-21-16(14-23-13-15-3-4-15)5-6-18(21)7-11-22(12-8-18)17-19-9-2-10-20-17/h2,9-10,15-16H,3-8,11-14H2,1H3. The summed E-state index contributed by atoms with van der Waals surface area (Å²) in [6, 6.07) is 2.49. The van der Waals surface area contributed by atoms with Crippen LogP contribution in [-0.2, 0) is 4.74 Å². The summed E-state index contributed by atoms with van der Waals surface area (Å²) in [5, 5.41) is 0. The van der Waals surface area contributed by atoms with Crippen molar-refractivity contribution in [2.45, 2.75) is 50.1 Å². The Morgan fingerprint density at radius 2 is 1.83 bits per heavy atom. The molecule has 0 N–H and O–H groups in total. The normalized spacial score (nSPS) is 27.7. The van der Waals surface area contributed by atoms with Crippen LogP contribution in [-0.4, -0.2) is 59.8 Å². The van der Waals surface area contributed by atoms with E-state index in [4.69, 9.17) is 4.74 Å². The third kappa shape index (κ3) is 3.22. The Morgan fingerprint density at radius 1 is 1.09 bits per heavy atom. The average Bonchev–Trinajstić information content (AvgIpc) is 3.38. The van der Waals surface area contributed by atoms with Crippen LogP contribution in [0.2, 0.25) is 0 Å². The third-order valence-electron chi connectivity index (χ3n) is 6.13. The molecule has 1 aromatic heterocycles. The summed E-state index contributed by atoms with van der Waals surface area (Å²) in [5.74, 6) is 1.75. The summed E-state index contributed by atoms with van der Waals surface area (Å²) in [7, 11) is 2.31. The zero-order valence-electron chi connectivity index (χ0n) is 14.2. The molecular formula is C18H28N4O. The van der Waals surface area contributed by atoms with E-state index in [1.807, 2.05) is 18.5 Å². The molecule has 3 heterocycles. The number of likely N-dealkylation sites (N-methyl/N-ethyl adjacent to an activating group) is 1. The van der Waals surface area contributed by atoms with Gasteiger partial charge in [0.1, 0.15) is 0 Å². The van der Waals surface area contributed by atoms with Crippen LogP contribution < -0.4 is 4.90 Å². The van der Waals surface area contributed by atoms with Gasteiger partial charge < -0.3 is 9.64 Å². The fraction of sp³-hybridized carbons (Fsp3) is 0.778. The minimum atomic E-state index is 0.374. The zero-order valence-corrected chi connectivity index (χ0v) is 14.2. The van der Waals surface area contributed by atoms with Crippen LogP contribution in [0.4, 0.5) is 5.95 Å². The van der Waals surface area contributed by atoms with Crippen LogP contribution in [0.1, 0.15) is 38.5 Å². The first-order valence-electron chi connectivity index (χ1n) is 9.09. The van der Waals surface area contributed by atoms with Gasteiger partial charge in [-0.05, 0) is 57.6 Å². The number of ether oxygens (including phenoxy) is 1. The van der Waals surface area contributed by atoms with E-state index in [9.17, 15) is 0 Å². The van der Waals surface area contributed by atoms with Crippen molar-refractivity contribution in [1.29, 1.82) is 0 Å². The van der Waals surface area contributed by atoms with E-state index in [0.717, 1.165) is 38.2 Å². The number of anilines is 1. The molecule has 1 aromatic rings. The van der Waals surface area contributed by atoms with E-state index >= 15 is 0 Å². The number of piperidine rings is 1. The Labute approximate surface area is 139 Å². The van der Waals surface area contributed by atoms with Crippen LogP contribution in [0.5, 0.6) is 0 Å². The van der Waals surface area contributed by atoms with Crippen molar-refractivity contribution in [3.8, 4) is 0 Å². The topological polar surface area (TPSA) is 41.5 Å². The van der Waals surface area contributed by atoms with Gasteiger partial charge >= 0.3 is 0 Å². The lowest BCUT2D eigenvalue weighted by molar-refractivity contribution is 0.0382. The van der Waals surface area contributed by atoms with E-state index in [2.05, 4.69) is 26.8 Å². The maximum absolute atomic E-state index is 5.96. The van der Waals surface area contributed by atoms with Gasteiger partial charge in [-0.1, -0.05) is 0 Å². The number of rotatable bonds is 5. The summed E-state index contributed by atoms with van der Waals surface area (Å²) >= 11 is 0. The summed E-state index contributed by atoms with van der Waals surface area (Å²) in [6.45, 7) is 4.02. The van der Waals surface area contributed by atoms with Gasteiger partial charge in [0.25, 0.3) is 0 Å². The molecule has 1 saturated carbocycles. The van der Waals surface area contributed by atoms with Crippen molar-refractivity contribution in [1.82, 2.24) is 14.9 Å². The second-order valence-corrected chi connectivity index (χ2v) is 7.54. The first-order chi connectivity index (χ1) is 11.3. The Hall–Kier alpha value is -1.20. The molecule has 1 aliphatic carbocycles. The molecule has 126 valence electrons. The number of likely N-dealkylation sites (tertiary alicyclic amines) is 1. The predicted molar refractivity (Wildman–Crippen MR) is 90.5 cm³/mol. The van der Waals surface area contributed by atoms with Crippen LogP contribution in [0.25, 0.3) is 0 Å². The smallest absolute Gasteiger partial charge is 0.225 e. The van der Waals surface area contributed by atoms with Crippen molar-refractivity contribution in [3.05, 3.63) is 18.5 Å². The van der Waals surface area contributed by atoms with E-state index < -0.39 is 0 Å². The highest BCUT2D eigenvalue weighted by Crippen LogP contribution is 2.41. The van der Waals surface area contributed by atoms with E-state index in [-0.39, 0.29) is 0 Å². The highest BCUT2D eigenvalue weighted by atomic mass is 16.5. The summed E-state index contributed by atoms with van der Waals surface area (Å²) in [5.41, 5.74) is 0.374. The van der Waals surface area contributed by atoms with Gasteiger partial charge in [0.15, 0.2) is 0 Å². The van der Waals surface area contributed by atoms with Crippen molar-refractivity contribution >= 4 is 5.95 Å². The van der Waals surface area contributed by atoms with E-state index in [0.29, 0.717) is 11.6 Å². The first kappa shape index (κ1) is 15.3. The second kappa shape index (κ2) is 6.36. The predicted octanol–water partition coefficient (Wildman–Crippen LogP) is 2.34. The van der Waals surface area contributed by atoms with Gasteiger partial charge in [-0.15, -0.1) is 0 Å². The monoisotopic (exact) mass is 316 g/mol. The Bertz CT molecular complexity index is 511. The lowest BCUT2D eigenvalue weighted by atomic mass is 9.85. The molecule has 2 saturated heterocycles. The molecule has 3 fully saturated rings. The molecule has 0 aromatic carbocycles. The minimum absolute atomic E-state index is 0.374. The summed E-state index contributed by atoms with van der Waals surface area (Å²) < 4.78 is 5.96. The van der Waals surface area contributed by atoms with Gasteiger partial charge in [-0.3, -0.25) is 4.90 Å². The van der Waals surface area contributed by atoms with E-state index in [1.54, 1.807) is 0 Å². The lowest BCUT2D eigenvalue weighted by Crippen LogP contribution is -2.53. The quantitative estimate of drug-likeness (QED) is 0.834. The zero-order chi connectivity index (χ0) is 15.7. The van der Waals surface area contributed by atoms with Crippen LogP contribution in [0.15, 0.2) is 18.5 Å². The molecule has 4 rings (SSSR count). The fourth-order valence-corrected chi connectivity index (χ4v) is 4.22. The lowest BCUT2D eigenvalue weighted by Gasteiger charge is -2.45. The highest BCUT2D eigenvalue weighted by Gasteiger charge is 2.45. The van der Waals surface area contributed by atoms with Gasteiger partial charge in [0, 0.05) is 43.7 Å². The molecule has 3 aliphatic rings. The molecule has 23 heavy (non-hydrogen) atoms. The van der Waals surface area contributed by atoms with Crippen molar-refractivity contribution in [3.63, 3.8) is 0 Å². The summed E-state index contributed by atoms with van der Waals surface area (Å²) in [6.07, 6.45) is 11.4. The third-order valence-corrected chi connectivity index (χ3v) is 6.13. The van der Waals surface area contributed by atoms with Crippen molar-refractivity contribution < 1.29 is 4.74 Å². The Kier molecular flexibility index (Phi) is 4.24. The van der Waals surface area contributed by atoms with E-state index in [1.165, 1.54) is 38.5 Å². The number of hydrogen-bond donors (Lipinski definition) is 0. The van der Waals surface area contributed by atoms with Crippen LogP contribution >= 0.6 is 0 Å². The average molecular weight is 316 g/mol. The molecule has 1 atom stereocenters. The molecule has 1 spiro atoms. The van der Waals surface area contributed by atoms with Gasteiger partial charge in [0.2, 0.25) is 5.95 Å². The maximum Gasteiger partial charge on any atom is 0.225 e. The number of aromatic nitrogens is 2. The molecule has 5 heteroatoms. The molecule has 2 aliphatic heterocycles. The van der Waals surface area contributed by atoms with Crippen molar-refractivity contribution in [2.75, 3.05) is 38.3 Å². The van der Waals surface area contributed by atoms with Crippen LogP contribution in [0.3, 0.4) is 0 Å². The Balaban J connectivity index is 1.31. The SMILES string of the molecule is CN1C(COCC2CC2)CCC12CCN(c1ncccn1)CC2. The Morgan fingerprint density at radius 3 is 2.52 bits per heavy atom. The second-order valence-electron chi connectivity index (χ2n) is 7.54.